The number of nitrogens with one attached hydrogen (secondary N) is 1. The number of hydrogen-bond donors (Lipinski definition) is 1. The molecule has 2 aliphatic rings. The number of carbonyl (C=O) groups excluding carboxylic acids is 1. The Morgan fingerprint density at radius 2 is 2.36 bits per heavy atom. The minimum Gasteiger partial charge on any atom is -0.350 e. The summed E-state index contributed by atoms with van der Waals surface area (Å²) in [5.41, 5.74) is 1.21. The van der Waals surface area contributed by atoms with Crippen LogP contribution in [0.5, 0.6) is 0 Å². The largest absolute Gasteiger partial charge is 0.350 e. The highest BCUT2D eigenvalue weighted by Crippen LogP contribution is 2.47. The minimum absolute atomic E-state index is 0.0335. The van der Waals surface area contributed by atoms with Crippen LogP contribution in [-0.4, -0.2) is 16.4 Å². The molecule has 0 bridgehead atoms. The molecule has 1 saturated carbocycles. The quantitative estimate of drug-likeness (QED) is 0.720. The molecule has 1 saturated heterocycles. The maximum atomic E-state index is 11.7. The molecule has 1 aliphatic carbocycles. The lowest BCUT2D eigenvalue weighted by atomic mass is 9.96. The molecule has 1 aromatic heterocycles. The zero-order valence-electron chi connectivity index (χ0n) is 7.86. The lowest BCUT2D eigenvalue weighted by Crippen LogP contribution is -2.27. The van der Waals surface area contributed by atoms with Gasteiger partial charge >= 0.3 is 0 Å². The summed E-state index contributed by atoms with van der Waals surface area (Å²) < 4.78 is 0. The topological polar surface area (TPSA) is 42.0 Å². The summed E-state index contributed by atoms with van der Waals surface area (Å²) in [7, 11) is 0. The van der Waals surface area contributed by atoms with Crippen LogP contribution in [0.3, 0.4) is 0 Å². The normalized spacial score (nSPS) is 27.7. The second-order valence-electron chi connectivity index (χ2n) is 4.31. The summed E-state index contributed by atoms with van der Waals surface area (Å²) in [6.45, 7) is 0. The maximum absolute atomic E-state index is 11.7. The molecule has 2 heterocycles. The Balaban J connectivity index is 1.90. The van der Waals surface area contributed by atoms with Gasteiger partial charge in [-0.3, -0.25) is 9.78 Å². The monoisotopic (exact) mass is 188 g/mol. The first-order chi connectivity index (χ1) is 6.79. The highest BCUT2D eigenvalue weighted by molar-refractivity contribution is 5.87. The van der Waals surface area contributed by atoms with Crippen molar-refractivity contribution >= 4 is 5.91 Å². The van der Waals surface area contributed by atoms with Gasteiger partial charge in [-0.15, -0.1) is 0 Å². The lowest BCUT2D eigenvalue weighted by molar-refractivity contribution is -0.120. The first-order valence-electron chi connectivity index (χ1n) is 5.01. The van der Waals surface area contributed by atoms with Gasteiger partial charge in [0.05, 0.1) is 5.92 Å². The smallest absolute Gasteiger partial charge is 0.228 e. The highest BCUT2D eigenvalue weighted by atomic mass is 16.2. The summed E-state index contributed by atoms with van der Waals surface area (Å²) in [4.78, 5) is 15.7. The van der Waals surface area contributed by atoms with Crippen LogP contribution < -0.4 is 5.32 Å². The molecule has 3 rings (SSSR count). The second-order valence-corrected chi connectivity index (χ2v) is 4.31. The first kappa shape index (κ1) is 7.97. The van der Waals surface area contributed by atoms with Crippen molar-refractivity contribution in [3.63, 3.8) is 0 Å². The molecule has 0 aromatic carbocycles. The SMILES string of the molecule is O=C1NC2(CC2)CC1c1cccnc1. The van der Waals surface area contributed by atoms with Gasteiger partial charge in [0.2, 0.25) is 5.91 Å². The standard InChI is InChI=1S/C11H12N2O/c14-10-9(6-11(13-10)3-4-11)8-2-1-5-12-7-8/h1-2,5,7,9H,3-4,6H2,(H,13,14). The van der Waals surface area contributed by atoms with Crippen LogP contribution in [0, 0.1) is 0 Å². The molecule has 1 aliphatic heterocycles. The third-order valence-corrected chi connectivity index (χ3v) is 3.24. The van der Waals surface area contributed by atoms with E-state index >= 15 is 0 Å². The molecule has 72 valence electrons. The van der Waals surface area contributed by atoms with Gasteiger partial charge < -0.3 is 5.32 Å². The van der Waals surface area contributed by atoms with E-state index in [1.54, 1.807) is 12.4 Å². The van der Waals surface area contributed by atoms with Gasteiger partial charge in [0, 0.05) is 17.9 Å². The Hall–Kier alpha value is -1.38. The summed E-state index contributed by atoms with van der Waals surface area (Å²) in [6.07, 6.45) is 6.79. The van der Waals surface area contributed by atoms with Gasteiger partial charge in [0.1, 0.15) is 0 Å². The number of aromatic nitrogens is 1. The predicted molar refractivity (Wildman–Crippen MR) is 51.7 cm³/mol. The molecule has 2 fully saturated rings. The van der Waals surface area contributed by atoms with Crippen LogP contribution in [0.4, 0.5) is 0 Å². The van der Waals surface area contributed by atoms with E-state index in [1.807, 2.05) is 12.1 Å². The van der Waals surface area contributed by atoms with Crippen molar-refractivity contribution in [3.8, 4) is 0 Å². The van der Waals surface area contributed by atoms with Crippen LogP contribution in [0.2, 0.25) is 0 Å². The average Bonchev–Trinajstić information content (AvgIpc) is 2.86. The minimum atomic E-state index is 0.0335. The number of pyridine rings is 1. The van der Waals surface area contributed by atoms with E-state index in [4.69, 9.17) is 0 Å². The Morgan fingerprint density at radius 1 is 1.50 bits per heavy atom. The van der Waals surface area contributed by atoms with Crippen LogP contribution in [0.25, 0.3) is 0 Å². The molecule has 1 spiro atoms. The van der Waals surface area contributed by atoms with E-state index in [1.165, 1.54) is 0 Å². The van der Waals surface area contributed by atoms with E-state index in [-0.39, 0.29) is 17.4 Å². The fourth-order valence-electron chi connectivity index (χ4n) is 2.21. The van der Waals surface area contributed by atoms with Crippen LogP contribution in [0.1, 0.15) is 30.7 Å². The maximum Gasteiger partial charge on any atom is 0.228 e. The van der Waals surface area contributed by atoms with E-state index < -0.39 is 0 Å². The summed E-state index contributed by atoms with van der Waals surface area (Å²) in [5.74, 6) is 0.210. The average molecular weight is 188 g/mol. The number of rotatable bonds is 1. The van der Waals surface area contributed by atoms with Gasteiger partial charge in [-0.1, -0.05) is 6.07 Å². The Kier molecular flexibility index (Phi) is 1.46. The van der Waals surface area contributed by atoms with Gasteiger partial charge in [0.15, 0.2) is 0 Å². The summed E-state index contributed by atoms with van der Waals surface area (Å²) in [5, 5.41) is 3.09. The summed E-state index contributed by atoms with van der Waals surface area (Å²) >= 11 is 0. The third-order valence-electron chi connectivity index (χ3n) is 3.24. The van der Waals surface area contributed by atoms with Crippen molar-refractivity contribution in [2.45, 2.75) is 30.7 Å². The third kappa shape index (κ3) is 1.12. The molecule has 1 unspecified atom stereocenters. The van der Waals surface area contributed by atoms with Crippen LogP contribution >= 0.6 is 0 Å². The number of nitrogens with zero attached hydrogens (tertiary/aromatic N) is 1. The van der Waals surface area contributed by atoms with Gasteiger partial charge in [-0.05, 0) is 30.9 Å². The zero-order chi connectivity index (χ0) is 9.60. The predicted octanol–water partition coefficient (Wildman–Crippen LogP) is 1.22. The van der Waals surface area contributed by atoms with E-state index in [0.717, 1.165) is 24.8 Å². The van der Waals surface area contributed by atoms with E-state index in [9.17, 15) is 4.79 Å². The Labute approximate surface area is 82.5 Å². The van der Waals surface area contributed by atoms with Crippen molar-refractivity contribution < 1.29 is 4.79 Å². The number of amides is 1. The van der Waals surface area contributed by atoms with Crippen molar-refractivity contribution in [2.75, 3.05) is 0 Å². The first-order valence-corrected chi connectivity index (χ1v) is 5.01. The zero-order valence-corrected chi connectivity index (χ0v) is 7.86. The highest BCUT2D eigenvalue weighted by Gasteiger charge is 2.52. The van der Waals surface area contributed by atoms with Gasteiger partial charge in [0.25, 0.3) is 0 Å². The molecular weight excluding hydrogens is 176 g/mol. The van der Waals surface area contributed by atoms with Crippen molar-refractivity contribution in [1.29, 1.82) is 0 Å². The van der Waals surface area contributed by atoms with Crippen molar-refractivity contribution in [3.05, 3.63) is 30.1 Å². The number of carbonyl (C=O) groups is 1. The van der Waals surface area contributed by atoms with E-state index in [0.29, 0.717) is 0 Å². The van der Waals surface area contributed by atoms with Gasteiger partial charge in [-0.2, -0.15) is 0 Å². The molecule has 1 amide bonds. The number of hydrogen-bond acceptors (Lipinski definition) is 2. The molecule has 1 N–H and O–H groups in total. The summed E-state index contributed by atoms with van der Waals surface area (Å²) in [6, 6.07) is 3.87. The van der Waals surface area contributed by atoms with Gasteiger partial charge in [-0.25, -0.2) is 0 Å². The van der Waals surface area contributed by atoms with Crippen LogP contribution in [0.15, 0.2) is 24.5 Å². The Morgan fingerprint density at radius 3 is 2.93 bits per heavy atom. The molecule has 1 aromatic rings. The molecule has 14 heavy (non-hydrogen) atoms. The fraction of sp³-hybridized carbons (Fsp3) is 0.455. The second kappa shape index (κ2) is 2.56. The van der Waals surface area contributed by atoms with E-state index in [2.05, 4.69) is 10.3 Å². The lowest BCUT2D eigenvalue weighted by Gasteiger charge is -2.05. The fourth-order valence-corrected chi connectivity index (χ4v) is 2.21. The van der Waals surface area contributed by atoms with Crippen LogP contribution in [-0.2, 0) is 4.79 Å². The molecule has 1 atom stereocenters. The molecule has 3 heteroatoms. The molecule has 3 nitrogen and oxygen atoms in total. The Bertz CT molecular complexity index is 370. The molecule has 0 radical (unpaired) electrons. The van der Waals surface area contributed by atoms with Crippen molar-refractivity contribution in [2.24, 2.45) is 0 Å². The van der Waals surface area contributed by atoms with Crippen molar-refractivity contribution in [1.82, 2.24) is 10.3 Å². The molecular formula is C11H12N2O.